The van der Waals surface area contributed by atoms with Gasteiger partial charge in [-0.25, -0.2) is 4.68 Å². The number of para-hydroxylation sites is 1. The largest absolute Gasteiger partial charge is 0.392 e. The summed E-state index contributed by atoms with van der Waals surface area (Å²) in [6, 6.07) is 8.25. The molecule has 7 heteroatoms. The fourth-order valence-electron chi connectivity index (χ4n) is 2.86. The van der Waals surface area contributed by atoms with Crippen molar-refractivity contribution in [3.63, 3.8) is 0 Å². The summed E-state index contributed by atoms with van der Waals surface area (Å²) in [6.07, 6.45) is 2.65. The molecule has 2 N–H and O–H groups in total. The standard InChI is InChI=1S/C16H22N4OS2/c1-2-12-6-3-4-8-14(12)17-15-18-20(16(22)23-15)11-19-9-5-7-13(21)10-19/h3-4,6,8,13,21H,2,5,7,9-11H2,1H3,(H,17,18)/t13-/m0/s1. The SMILES string of the molecule is CCc1ccccc1Nc1nn(CN2CCC[C@H](O)C2)c(=S)s1. The number of anilines is 2. The monoisotopic (exact) mass is 350 g/mol. The van der Waals surface area contributed by atoms with Crippen LogP contribution in [0.5, 0.6) is 0 Å². The van der Waals surface area contributed by atoms with E-state index < -0.39 is 0 Å². The van der Waals surface area contributed by atoms with E-state index in [-0.39, 0.29) is 6.10 Å². The van der Waals surface area contributed by atoms with Crippen LogP contribution in [0.1, 0.15) is 25.3 Å². The number of aliphatic hydroxyl groups is 1. The van der Waals surface area contributed by atoms with Gasteiger partial charge in [0.2, 0.25) is 5.13 Å². The Kier molecular flexibility index (Phi) is 5.42. The Morgan fingerprint density at radius 2 is 2.26 bits per heavy atom. The lowest BCUT2D eigenvalue weighted by atomic mass is 10.1. The lowest BCUT2D eigenvalue weighted by Gasteiger charge is -2.29. The number of hydrogen-bond donors (Lipinski definition) is 2. The predicted octanol–water partition coefficient (Wildman–Crippen LogP) is 3.39. The minimum Gasteiger partial charge on any atom is -0.392 e. The van der Waals surface area contributed by atoms with Gasteiger partial charge in [-0.1, -0.05) is 36.5 Å². The highest BCUT2D eigenvalue weighted by molar-refractivity contribution is 7.73. The lowest BCUT2D eigenvalue weighted by Crippen LogP contribution is -2.39. The number of aliphatic hydroxyl groups excluding tert-OH is 1. The average molecular weight is 351 g/mol. The molecular weight excluding hydrogens is 328 g/mol. The second-order valence-corrected chi connectivity index (χ2v) is 7.45. The Morgan fingerprint density at radius 3 is 3.04 bits per heavy atom. The van der Waals surface area contributed by atoms with Crippen LogP contribution >= 0.6 is 23.6 Å². The molecule has 0 spiro atoms. The number of aryl methyl sites for hydroxylation is 1. The number of likely N-dealkylation sites (tertiary alicyclic amines) is 1. The highest BCUT2D eigenvalue weighted by Crippen LogP contribution is 2.24. The Balaban J connectivity index is 1.72. The maximum atomic E-state index is 9.78. The van der Waals surface area contributed by atoms with Gasteiger partial charge in [-0.15, -0.1) is 5.10 Å². The summed E-state index contributed by atoms with van der Waals surface area (Å²) in [5, 5.41) is 18.6. The number of rotatable bonds is 5. The summed E-state index contributed by atoms with van der Waals surface area (Å²) in [5.74, 6) is 0. The second kappa shape index (κ2) is 7.53. The Bertz CT molecular complexity index is 712. The molecule has 23 heavy (non-hydrogen) atoms. The molecule has 1 aromatic heterocycles. The van der Waals surface area contributed by atoms with Crippen LogP contribution in [0.2, 0.25) is 0 Å². The van der Waals surface area contributed by atoms with Crippen molar-refractivity contribution in [3.8, 4) is 0 Å². The van der Waals surface area contributed by atoms with Crippen molar-refractivity contribution in [1.82, 2.24) is 14.7 Å². The molecule has 0 bridgehead atoms. The molecule has 1 aliphatic heterocycles. The molecule has 1 saturated heterocycles. The third-order valence-corrected chi connectivity index (χ3v) is 5.28. The number of piperidine rings is 1. The van der Waals surface area contributed by atoms with E-state index in [2.05, 4.69) is 34.4 Å². The van der Waals surface area contributed by atoms with Gasteiger partial charge in [-0.2, -0.15) is 0 Å². The first-order valence-electron chi connectivity index (χ1n) is 7.99. The van der Waals surface area contributed by atoms with Crippen LogP contribution in [-0.2, 0) is 13.1 Å². The number of β-amino-alcohol motifs (C(OH)–C–C–N with tert-alkyl or cyclic N) is 1. The number of nitrogens with zero attached hydrogens (tertiary/aromatic N) is 3. The van der Waals surface area contributed by atoms with Crippen molar-refractivity contribution < 1.29 is 5.11 Å². The van der Waals surface area contributed by atoms with Gasteiger partial charge >= 0.3 is 0 Å². The quantitative estimate of drug-likeness (QED) is 0.810. The van der Waals surface area contributed by atoms with E-state index in [1.807, 2.05) is 16.8 Å². The molecule has 0 aliphatic carbocycles. The van der Waals surface area contributed by atoms with E-state index >= 15 is 0 Å². The summed E-state index contributed by atoms with van der Waals surface area (Å²) in [5.41, 5.74) is 2.35. The molecule has 1 aromatic carbocycles. The van der Waals surface area contributed by atoms with Crippen LogP contribution in [0.3, 0.4) is 0 Å². The van der Waals surface area contributed by atoms with Crippen molar-refractivity contribution >= 4 is 34.4 Å². The molecule has 1 aliphatic rings. The fourth-order valence-corrected chi connectivity index (χ4v) is 3.87. The van der Waals surface area contributed by atoms with Gasteiger partial charge in [0.15, 0.2) is 3.95 Å². The number of hydrogen-bond acceptors (Lipinski definition) is 6. The minimum absolute atomic E-state index is 0.231. The Hall–Kier alpha value is -1.28. The topological polar surface area (TPSA) is 53.3 Å². The molecule has 124 valence electrons. The van der Waals surface area contributed by atoms with Gasteiger partial charge in [-0.05, 0) is 43.1 Å². The maximum absolute atomic E-state index is 9.78. The van der Waals surface area contributed by atoms with Crippen LogP contribution in [0.4, 0.5) is 10.8 Å². The van der Waals surface area contributed by atoms with E-state index in [9.17, 15) is 5.11 Å². The average Bonchev–Trinajstić information content (AvgIpc) is 2.87. The maximum Gasteiger partial charge on any atom is 0.209 e. The van der Waals surface area contributed by atoms with Crippen molar-refractivity contribution in [2.45, 2.75) is 39.0 Å². The Labute approximate surface area is 145 Å². The van der Waals surface area contributed by atoms with Crippen molar-refractivity contribution in [1.29, 1.82) is 0 Å². The van der Waals surface area contributed by atoms with Crippen LogP contribution in [0.25, 0.3) is 0 Å². The lowest BCUT2D eigenvalue weighted by molar-refractivity contribution is 0.0516. The van der Waals surface area contributed by atoms with E-state index in [1.54, 1.807) is 0 Å². The van der Waals surface area contributed by atoms with Crippen molar-refractivity contribution in [2.24, 2.45) is 0 Å². The number of benzene rings is 1. The zero-order valence-electron chi connectivity index (χ0n) is 13.2. The molecule has 0 amide bonds. The van der Waals surface area contributed by atoms with Gasteiger partial charge in [0.05, 0.1) is 12.8 Å². The van der Waals surface area contributed by atoms with Gasteiger partial charge < -0.3 is 10.4 Å². The van der Waals surface area contributed by atoms with E-state index in [4.69, 9.17) is 12.2 Å². The molecule has 1 fully saturated rings. The molecule has 5 nitrogen and oxygen atoms in total. The minimum atomic E-state index is -0.231. The van der Waals surface area contributed by atoms with Gasteiger partial charge in [0.25, 0.3) is 0 Å². The highest BCUT2D eigenvalue weighted by Gasteiger charge is 2.18. The van der Waals surface area contributed by atoms with Crippen LogP contribution in [0.15, 0.2) is 24.3 Å². The molecular formula is C16H22N4OS2. The molecule has 0 saturated carbocycles. The van der Waals surface area contributed by atoms with E-state index in [0.717, 1.165) is 40.6 Å². The van der Waals surface area contributed by atoms with Crippen LogP contribution in [0, 0.1) is 3.95 Å². The van der Waals surface area contributed by atoms with Gasteiger partial charge in [-0.3, -0.25) is 4.90 Å². The third-order valence-electron chi connectivity index (χ3n) is 4.06. The Morgan fingerprint density at radius 1 is 1.43 bits per heavy atom. The first-order valence-corrected chi connectivity index (χ1v) is 9.21. The van der Waals surface area contributed by atoms with Gasteiger partial charge in [0.1, 0.15) is 0 Å². The van der Waals surface area contributed by atoms with Crippen molar-refractivity contribution in [2.75, 3.05) is 18.4 Å². The smallest absolute Gasteiger partial charge is 0.209 e. The summed E-state index contributed by atoms with van der Waals surface area (Å²) in [7, 11) is 0. The van der Waals surface area contributed by atoms with E-state index in [0.29, 0.717) is 13.2 Å². The summed E-state index contributed by atoms with van der Waals surface area (Å²) in [4.78, 5) is 2.20. The fraction of sp³-hybridized carbons (Fsp3) is 0.500. The van der Waals surface area contributed by atoms with Crippen LogP contribution < -0.4 is 5.32 Å². The summed E-state index contributed by atoms with van der Waals surface area (Å²) in [6.45, 7) is 4.46. The highest BCUT2D eigenvalue weighted by atomic mass is 32.1. The first kappa shape index (κ1) is 16.6. The summed E-state index contributed by atoms with van der Waals surface area (Å²) < 4.78 is 2.59. The molecule has 1 atom stereocenters. The summed E-state index contributed by atoms with van der Waals surface area (Å²) >= 11 is 6.92. The van der Waals surface area contributed by atoms with Crippen molar-refractivity contribution in [3.05, 3.63) is 33.8 Å². The second-order valence-electron chi connectivity index (χ2n) is 5.82. The molecule has 2 aromatic rings. The zero-order valence-corrected chi connectivity index (χ0v) is 14.9. The van der Waals surface area contributed by atoms with E-state index in [1.165, 1.54) is 16.9 Å². The number of nitrogens with one attached hydrogen (secondary N) is 1. The third kappa shape index (κ3) is 4.17. The zero-order chi connectivity index (χ0) is 16.2. The first-order chi connectivity index (χ1) is 11.2. The van der Waals surface area contributed by atoms with Crippen LogP contribution in [-0.4, -0.2) is 39.0 Å². The number of aromatic nitrogens is 2. The molecule has 3 rings (SSSR count). The normalized spacial score (nSPS) is 19.0. The molecule has 0 radical (unpaired) electrons. The predicted molar refractivity (Wildman–Crippen MR) is 96.9 cm³/mol. The molecule has 0 unspecified atom stereocenters. The van der Waals surface area contributed by atoms with Gasteiger partial charge in [0, 0.05) is 18.8 Å². The molecule has 2 heterocycles.